The number of rotatable bonds is 3. The molecule has 0 radical (unpaired) electrons. The second-order valence-corrected chi connectivity index (χ2v) is 3.89. The van der Waals surface area contributed by atoms with Crippen LogP contribution in [0.25, 0.3) is 0 Å². The number of nitrogens with one attached hydrogen (secondary N) is 3. The molecule has 0 aromatic carbocycles. The summed E-state index contributed by atoms with van der Waals surface area (Å²) in [4.78, 5) is 27.4. The van der Waals surface area contributed by atoms with E-state index in [1.54, 1.807) is 6.92 Å². The lowest BCUT2D eigenvalue weighted by Gasteiger charge is -2.01. The van der Waals surface area contributed by atoms with Crippen molar-refractivity contribution in [3.63, 3.8) is 0 Å². The highest BCUT2D eigenvalue weighted by molar-refractivity contribution is 7.71. The van der Waals surface area contributed by atoms with Crippen molar-refractivity contribution in [2.75, 3.05) is 0 Å². The van der Waals surface area contributed by atoms with Gasteiger partial charge in [-0.05, 0) is 25.6 Å². The minimum absolute atomic E-state index is 0.201. The van der Waals surface area contributed by atoms with Crippen LogP contribution in [0.1, 0.15) is 17.1 Å². The average molecular weight is 254 g/mol. The van der Waals surface area contributed by atoms with Gasteiger partial charge in [0.05, 0.1) is 0 Å². The molecule has 0 aliphatic heterocycles. The van der Waals surface area contributed by atoms with Crippen LogP contribution in [0.15, 0.2) is 14.0 Å². The molecule has 2 aromatic rings. The molecule has 2 heterocycles. The Labute approximate surface area is 99.9 Å². The van der Waals surface area contributed by atoms with Crippen molar-refractivity contribution in [3.8, 4) is 0 Å². The molecular weight excluding hydrogens is 244 g/mol. The number of H-pyrrole nitrogens is 3. The lowest BCUT2D eigenvalue weighted by molar-refractivity contribution is 0.479. The smallest absolute Gasteiger partial charge is 0.325 e. The molecule has 0 aliphatic rings. The molecule has 0 saturated heterocycles. The highest BCUT2D eigenvalue weighted by Crippen LogP contribution is 2.03. The van der Waals surface area contributed by atoms with Gasteiger partial charge in [0, 0.05) is 17.7 Å². The molecule has 8 heteroatoms. The number of hydrogen-bond donors (Lipinski definition) is 3. The minimum atomic E-state index is -0.506. The number of nitrogens with zero attached hydrogens (tertiary/aromatic N) is 1. The van der Waals surface area contributed by atoms with Crippen molar-refractivity contribution >= 4 is 12.2 Å². The Morgan fingerprint density at radius 3 is 2.65 bits per heavy atom. The molecule has 17 heavy (non-hydrogen) atoms. The molecule has 7 nitrogen and oxygen atoms in total. The van der Waals surface area contributed by atoms with Gasteiger partial charge < -0.3 is 9.40 Å². The van der Waals surface area contributed by atoms with E-state index in [0.29, 0.717) is 30.0 Å². The maximum Gasteiger partial charge on any atom is 0.325 e. The summed E-state index contributed by atoms with van der Waals surface area (Å²) in [5, 5.41) is 6.33. The van der Waals surface area contributed by atoms with E-state index in [9.17, 15) is 9.59 Å². The van der Waals surface area contributed by atoms with Gasteiger partial charge in [0.2, 0.25) is 5.89 Å². The van der Waals surface area contributed by atoms with Crippen LogP contribution in [0.4, 0.5) is 0 Å². The van der Waals surface area contributed by atoms with Gasteiger partial charge in [0.1, 0.15) is 0 Å². The van der Waals surface area contributed by atoms with Gasteiger partial charge in [-0.2, -0.15) is 0 Å². The fourth-order valence-corrected chi connectivity index (χ4v) is 1.67. The predicted molar refractivity (Wildman–Crippen MR) is 61.5 cm³/mol. The van der Waals surface area contributed by atoms with E-state index in [1.807, 2.05) is 0 Å². The molecule has 0 unspecified atom stereocenters. The van der Waals surface area contributed by atoms with Gasteiger partial charge in [-0.15, -0.1) is 5.10 Å². The zero-order valence-corrected chi connectivity index (χ0v) is 9.81. The standard InChI is InChI=1S/C9H10N4O3S/c1-4-5(7(14)11-8(15)10-4)2-3-6-12-13-9(17)16-6/h2-3H2,1H3,(H,13,17)(H2,10,11,14,15). The van der Waals surface area contributed by atoms with Crippen molar-refractivity contribution in [2.24, 2.45) is 0 Å². The van der Waals surface area contributed by atoms with Crippen LogP contribution in [-0.2, 0) is 12.8 Å². The topological polar surface area (TPSA) is 108 Å². The first-order chi connectivity index (χ1) is 8.06. The third-order valence-corrected chi connectivity index (χ3v) is 2.50. The van der Waals surface area contributed by atoms with Gasteiger partial charge in [-0.1, -0.05) is 0 Å². The molecule has 90 valence electrons. The van der Waals surface area contributed by atoms with Crippen molar-refractivity contribution in [1.82, 2.24) is 20.2 Å². The first-order valence-corrected chi connectivity index (χ1v) is 5.33. The summed E-state index contributed by atoms with van der Waals surface area (Å²) in [5.41, 5.74) is 0.163. The normalized spacial score (nSPS) is 10.6. The summed E-state index contributed by atoms with van der Waals surface area (Å²) in [7, 11) is 0. The van der Waals surface area contributed by atoms with E-state index >= 15 is 0 Å². The molecule has 0 atom stereocenters. The highest BCUT2D eigenvalue weighted by Gasteiger charge is 2.08. The fraction of sp³-hybridized carbons (Fsp3) is 0.333. The largest absolute Gasteiger partial charge is 0.414 e. The SMILES string of the molecule is Cc1[nH]c(=O)[nH]c(=O)c1CCc1n[nH]c(=S)o1. The Kier molecular flexibility index (Phi) is 3.05. The Bertz CT molecular complexity index is 693. The fourth-order valence-electron chi connectivity index (χ4n) is 1.53. The van der Waals surface area contributed by atoms with Crippen LogP contribution in [0.3, 0.4) is 0 Å². The minimum Gasteiger partial charge on any atom is -0.414 e. The molecule has 0 saturated carbocycles. The summed E-state index contributed by atoms with van der Waals surface area (Å²) in [6.45, 7) is 1.67. The zero-order chi connectivity index (χ0) is 12.4. The van der Waals surface area contributed by atoms with Gasteiger partial charge in [-0.25, -0.2) is 9.89 Å². The van der Waals surface area contributed by atoms with Crippen molar-refractivity contribution < 1.29 is 4.42 Å². The number of hydrogen-bond acceptors (Lipinski definition) is 5. The van der Waals surface area contributed by atoms with Crippen LogP contribution in [0.5, 0.6) is 0 Å². The Hall–Kier alpha value is -1.96. The maximum absolute atomic E-state index is 11.5. The highest BCUT2D eigenvalue weighted by atomic mass is 32.1. The number of aryl methyl sites for hydroxylation is 2. The van der Waals surface area contributed by atoms with Crippen LogP contribution >= 0.6 is 12.2 Å². The summed E-state index contributed by atoms with van der Waals surface area (Å²) in [5.74, 6) is 0.431. The van der Waals surface area contributed by atoms with E-state index < -0.39 is 5.69 Å². The zero-order valence-electron chi connectivity index (χ0n) is 8.99. The van der Waals surface area contributed by atoms with Gasteiger partial charge in [0.25, 0.3) is 10.4 Å². The van der Waals surface area contributed by atoms with Crippen LogP contribution in [0, 0.1) is 11.8 Å². The first-order valence-electron chi connectivity index (χ1n) is 4.92. The summed E-state index contributed by atoms with van der Waals surface area (Å²) < 4.78 is 5.07. The Morgan fingerprint density at radius 1 is 1.29 bits per heavy atom. The van der Waals surface area contributed by atoms with Crippen LogP contribution in [0.2, 0.25) is 0 Å². The number of aromatic amines is 3. The van der Waals surface area contributed by atoms with E-state index in [-0.39, 0.29) is 10.4 Å². The molecule has 0 bridgehead atoms. The molecule has 2 aromatic heterocycles. The Balaban J connectivity index is 2.22. The quantitative estimate of drug-likeness (QED) is 0.678. The van der Waals surface area contributed by atoms with Crippen LogP contribution < -0.4 is 11.2 Å². The van der Waals surface area contributed by atoms with Crippen molar-refractivity contribution in [3.05, 3.63) is 42.8 Å². The van der Waals surface area contributed by atoms with Crippen molar-refractivity contribution in [2.45, 2.75) is 19.8 Å². The first kappa shape index (κ1) is 11.5. The third kappa shape index (κ3) is 2.59. The Morgan fingerprint density at radius 2 is 2.06 bits per heavy atom. The second kappa shape index (κ2) is 4.50. The van der Waals surface area contributed by atoms with Gasteiger partial charge in [0.15, 0.2) is 0 Å². The molecule has 0 aliphatic carbocycles. The van der Waals surface area contributed by atoms with Gasteiger partial charge in [-0.3, -0.25) is 9.78 Å². The summed E-state index contributed by atoms with van der Waals surface area (Å²) in [6, 6.07) is 0. The molecule has 0 fully saturated rings. The monoisotopic (exact) mass is 254 g/mol. The predicted octanol–water partition coefficient (Wildman–Crippen LogP) is 0.202. The van der Waals surface area contributed by atoms with E-state index in [1.165, 1.54) is 0 Å². The number of aromatic nitrogens is 4. The maximum atomic E-state index is 11.5. The summed E-state index contributed by atoms with van der Waals surface area (Å²) in [6.07, 6.45) is 0.851. The van der Waals surface area contributed by atoms with E-state index in [2.05, 4.69) is 20.2 Å². The van der Waals surface area contributed by atoms with Crippen LogP contribution in [-0.4, -0.2) is 20.2 Å². The van der Waals surface area contributed by atoms with E-state index in [4.69, 9.17) is 16.6 Å². The molecule has 2 rings (SSSR count). The summed E-state index contributed by atoms with van der Waals surface area (Å²) >= 11 is 4.73. The molecule has 3 N–H and O–H groups in total. The lowest BCUT2D eigenvalue weighted by Crippen LogP contribution is -2.27. The molecule has 0 spiro atoms. The average Bonchev–Trinajstić information content (AvgIpc) is 2.62. The lowest BCUT2D eigenvalue weighted by atomic mass is 10.1. The molecular formula is C9H10N4O3S. The molecule has 0 amide bonds. The third-order valence-electron chi connectivity index (χ3n) is 2.33. The second-order valence-electron chi connectivity index (χ2n) is 3.52. The van der Waals surface area contributed by atoms with Gasteiger partial charge >= 0.3 is 5.69 Å². The van der Waals surface area contributed by atoms with Crippen molar-refractivity contribution in [1.29, 1.82) is 0 Å². The van der Waals surface area contributed by atoms with E-state index in [0.717, 1.165) is 0 Å².